The summed E-state index contributed by atoms with van der Waals surface area (Å²) in [5.74, 6) is 0.726. The molecule has 0 fully saturated rings. The molecular weight excluding hydrogens is 488 g/mol. The van der Waals surface area contributed by atoms with Crippen molar-refractivity contribution in [3.05, 3.63) is 132 Å². The SMILES string of the molecule is CC1(C)c2cc(-c3nc(-c4ccccc4)cc(-c4ccccc4)n3)ccc2-c2c1ccc1c2oc2ccccc21. The quantitative estimate of drug-likeness (QED) is 0.236. The van der Waals surface area contributed by atoms with Gasteiger partial charge in [-0.2, -0.15) is 0 Å². The van der Waals surface area contributed by atoms with Crippen LogP contribution in [0.5, 0.6) is 0 Å². The summed E-state index contributed by atoms with van der Waals surface area (Å²) >= 11 is 0. The molecule has 2 aromatic heterocycles. The highest BCUT2D eigenvalue weighted by atomic mass is 16.3. The molecule has 3 heteroatoms. The smallest absolute Gasteiger partial charge is 0.160 e. The molecule has 0 saturated heterocycles. The molecule has 1 aliphatic rings. The predicted molar refractivity (Wildman–Crippen MR) is 163 cm³/mol. The van der Waals surface area contributed by atoms with E-state index in [1.165, 1.54) is 22.3 Å². The Morgan fingerprint density at radius 2 is 1.20 bits per heavy atom. The minimum absolute atomic E-state index is 0.187. The summed E-state index contributed by atoms with van der Waals surface area (Å²) in [6.45, 7) is 4.60. The molecule has 1 aliphatic carbocycles. The van der Waals surface area contributed by atoms with Crippen LogP contribution in [0.15, 0.2) is 126 Å². The Labute approximate surface area is 232 Å². The van der Waals surface area contributed by atoms with Crippen molar-refractivity contribution < 1.29 is 4.42 Å². The number of rotatable bonds is 3. The lowest BCUT2D eigenvalue weighted by Crippen LogP contribution is -2.15. The summed E-state index contributed by atoms with van der Waals surface area (Å²) < 4.78 is 6.47. The zero-order chi connectivity index (χ0) is 26.8. The van der Waals surface area contributed by atoms with Crippen LogP contribution in [-0.2, 0) is 5.41 Å². The molecule has 0 spiro atoms. The van der Waals surface area contributed by atoms with Crippen LogP contribution in [0.3, 0.4) is 0 Å². The fraction of sp³-hybridized carbons (Fsp3) is 0.0811. The number of aromatic nitrogens is 2. The zero-order valence-electron chi connectivity index (χ0n) is 22.3. The Balaban J connectivity index is 1.33. The summed E-state index contributed by atoms with van der Waals surface area (Å²) in [4.78, 5) is 10.1. The minimum atomic E-state index is -0.187. The highest BCUT2D eigenvalue weighted by Crippen LogP contribution is 2.53. The van der Waals surface area contributed by atoms with E-state index < -0.39 is 0 Å². The number of benzene rings is 5. The third kappa shape index (κ3) is 3.37. The van der Waals surface area contributed by atoms with Crippen molar-refractivity contribution in [1.82, 2.24) is 9.97 Å². The second-order valence-corrected chi connectivity index (χ2v) is 11.0. The lowest BCUT2D eigenvalue weighted by Gasteiger charge is -2.22. The summed E-state index contributed by atoms with van der Waals surface area (Å²) in [7, 11) is 0. The fourth-order valence-corrected chi connectivity index (χ4v) is 6.23. The Morgan fingerprint density at radius 3 is 1.90 bits per heavy atom. The van der Waals surface area contributed by atoms with Gasteiger partial charge in [-0.25, -0.2) is 9.97 Å². The van der Waals surface area contributed by atoms with Gasteiger partial charge in [0.2, 0.25) is 0 Å². The standard InChI is InChI=1S/C37H26N2O/c1-37(2)29-20-19-27-26-15-9-10-16-33(26)40-35(27)34(29)28-18-17-25(21-30(28)37)36-38-31(23-11-5-3-6-12-23)22-32(39-36)24-13-7-4-8-14-24/h3-22H,1-2H3. The molecule has 0 aliphatic heterocycles. The van der Waals surface area contributed by atoms with E-state index in [9.17, 15) is 0 Å². The van der Waals surface area contributed by atoms with Gasteiger partial charge in [0, 0.05) is 38.4 Å². The normalized spacial score (nSPS) is 13.4. The monoisotopic (exact) mass is 514 g/mol. The van der Waals surface area contributed by atoms with Gasteiger partial charge in [-0.15, -0.1) is 0 Å². The Bertz CT molecular complexity index is 2010. The molecule has 5 aromatic carbocycles. The first-order valence-corrected chi connectivity index (χ1v) is 13.7. The van der Waals surface area contributed by atoms with Gasteiger partial charge in [-0.3, -0.25) is 0 Å². The Hall–Kier alpha value is -5.02. The molecule has 0 radical (unpaired) electrons. The van der Waals surface area contributed by atoms with Crippen molar-refractivity contribution in [1.29, 1.82) is 0 Å². The topological polar surface area (TPSA) is 38.9 Å². The molecule has 0 bridgehead atoms. The molecule has 8 rings (SSSR count). The highest BCUT2D eigenvalue weighted by molar-refractivity contribution is 6.11. The molecule has 0 unspecified atom stereocenters. The fourth-order valence-electron chi connectivity index (χ4n) is 6.23. The van der Waals surface area contributed by atoms with Crippen LogP contribution in [-0.4, -0.2) is 9.97 Å². The molecule has 0 atom stereocenters. The summed E-state index contributed by atoms with van der Waals surface area (Å²) in [5, 5.41) is 2.32. The van der Waals surface area contributed by atoms with Crippen LogP contribution < -0.4 is 0 Å². The maximum atomic E-state index is 6.47. The number of fused-ring (bicyclic) bond motifs is 7. The summed E-state index contributed by atoms with van der Waals surface area (Å²) in [5.41, 5.74) is 11.7. The highest BCUT2D eigenvalue weighted by Gasteiger charge is 2.38. The number of hydrogen-bond donors (Lipinski definition) is 0. The van der Waals surface area contributed by atoms with E-state index in [0.717, 1.165) is 55.8 Å². The van der Waals surface area contributed by atoms with Crippen LogP contribution >= 0.6 is 0 Å². The molecule has 3 nitrogen and oxygen atoms in total. The number of para-hydroxylation sites is 1. The molecule has 7 aromatic rings. The summed E-state index contributed by atoms with van der Waals surface area (Å²) in [6.07, 6.45) is 0. The third-order valence-electron chi connectivity index (χ3n) is 8.31. The molecule has 0 amide bonds. The van der Waals surface area contributed by atoms with E-state index in [-0.39, 0.29) is 5.41 Å². The van der Waals surface area contributed by atoms with E-state index in [1.807, 2.05) is 48.5 Å². The van der Waals surface area contributed by atoms with Crippen molar-refractivity contribution in [2.45, 2.75) is 19.3 Å². The maximum Gasteiger partial charge on any atom is 0.160 e. The number of furan rings is 1. The van der Waals surface area contributed by atoms with Gasteiger partial charge in [0.1, 0.15) is 11.2 Å². The number of nitrogens with zero attached hydrogens (tertiary/aromatic N) is 2. The maximum absolute atomic E-state index is 6.47. The molecule has 2 heterocycles. The van der Waals surface area contributed by atoms with Gasteiger partial charge in [-0.05, 0) is 34.9 Å². The first-order chi connectivity index (χ1) is 19.6. The first-order valence-electron chi connectivity index (χ1n) is 13.7. The van der Waals surface area contributed by atoms with Crippen molar-refractivity contribution in [2.75, 3.05) is 0 Å². The zero-order valence-corrected chi connectivity index (χ0v) is 22.3. The molecule has 0 N–H and O–H groups in total. The third-order valence-corrected chi connectivity index (χ3v) is 8.31. The lowest BCUT2D eigenvalue weighted by atomic mass is 9.82. The molecular formula is C37H26N2O. The minimum Gasteiger partial charge on any atom is -0.455 e. The van der Waals surface area contributed by atoms with Gasteiger partial charge in [-0.1, -0.05) is 117 Å². The van der Waals surface area contributed by atoms with E-state index >= 15 is 0 Å². The van der Waals surface area contributed by atoms with Gasteiger partial charge in [0.25, 0.3) is 0 Å². The summed E-state index contributed by atoms with van der Waals surface area (Å²) in [6, 6.07) is 42.2. The number of hydrogen-bond acceptors (Lipinski definition) is 3. The average molecular weight is 515 g/mol. The van der Waals surface area contributed by atoms with Crippen LogP contribution in [0.25, 0.3) is 67.0 Å². The molecule has 190 valence electrons. The van der Waals surface area contributed by atoms with Crippen molar-refractivity contribution >= 4 is 21.9 Å². The van der Waals surface area contributed by atoms with Crippen molar-refractivity contribution in [3.63, 3.8) is 0 Å². The van der Waals surface area contributed by atoms with E-state index in [2.05, 4.69) is 86.6 Å². The van der Waals surface area contributed by atoms with E-state index in [0.29, 0.717) is 0 Å². The molecule has 40 heavy (non-hydrogen) atoms. The average Bonchev–Trinajstić information content (AvgIpc) is 3.50. The first kappa shape index (κ1) is 22.9. The van der Waals surface area contributed by atoms with Gasteiger partial charge < -0.3 is 4.42 Å². The second kappa shape index (κ2) is 8.49. The Morgan fingerprint density at radius 1 is 0.550 bits per heavy atom. The molecule has 0 saturated carbocycles. The van der Waals surface area contributed by atoms with Crippen molar-refractivity contribution in [3.8, 4) is 45.0 Å². The lowest BCUT2D eigenvalue weighted by molar-refractivity contribution is 0.653. The van der Waals surface area contributed by atoms with Gasteiger partial charge in [0.15, 0.2) is 5.82 Å². The van der Waals surface area contributed by atoms with Crippen LogP contribution in [0.4, 0.5) is 0 Å². The largest absolute Gasteiger partial charge is 0.455 e. The van der Waals surface area contributed by atoms with Gasteiger partial charge in [0.05, 0.1) is 11.4 Å². The second-order valence-electron chi connectivity index (χ2n) is 11.0. The van der Waals surface area contributed by atoms with Gasteiger partial charge >= 0.3 is 0 Å². The van der Waals surface area contributed by atoms with Crippen LogP contribution in [0.1, 0.15) is 25.0 Å². The van der Waals surface area contributed by atoms with Crippen LogP contribution in [0.2, 0.25) is 0 Å². The van der Waals surface area contributed by atoms with E-state index in [1.54, 1.807) is 0 Å². The van der Waals surface area contributed by atoms with E-state index in [4.69, 9.17) is 14.4 Å². The van der Waals surface area contributed by atoms with Crippen molar-refractivity contribution in [2.24, 2.45) is 0 Å². The Kier molecular flexibility index (Phi) is 4.86. The predicted octanol–water partition coefficient (Wildman–Crippen LogP) is 9.68. The van der Waals surface area contributed by atoms with Crippen LogP contribution in [0, 0.1) is 0 Å².